The average Bonchev–Trinajstić information content (AvgIpc) is 2.81. The summed E-state index contributed by atoms with van der Waals surface area (Å²) in [6, 6.07) is 6.04. The Kier molecular flexibility index (Phi) is 4.34. The fourth-order valence-corrected chi connectivity index (χ4v) is 2.85. The van der Waals surface area contributed by atoms with Gasteiger partial charge in [-0.05, 0) is 36.6 Å². The van der Waals surface area contributed by atoms with Crippen LogP contribution in [0.4, 0.5) is 0 Å². The van der Waals surface area contributed by atoms with E-state index < -0.39 is 0 Å². The minimum Gasteiger partial charge on any atom is -0.497 e. The van der Waals surface area contributed by atoms with Crippen LogP contribution >= 0.6 is 27.5 Å². The maximum absolute atomic E-state index is 6.11. The first-order valence-electron chi connectivity index (χ1n) is 5.65. The molecule has 1 aliphatic heterocycles. The van der Waals surface area contributed by atoms with Crippen molar-refractivity contribution >= 4 is 27.5 Å². The highest BCUT2D eigenvalue weighted by molar-refractivity contribution is 9.10. The van der Waals surface area contributed by atoms with Gasteiger partial charge in [-0.15, -0.1) is 11.6 Å². The number of halogens is 2. The van der Waals surface area contributed by atoms with Gasteiger partial charge >= 0.3 is 0 Å². The smallest absolute Gasteiger partial charge is 0.119 e. The van der Waals surface area contributed by atoms with Crippen molar-refractivity contribution in [2.24, 2.45) is 5.41 Å². The quantitative estimate of drug-likeness (QED) is 0.789. The highest BCUT2D eigenvalue weighted by Gasteiger charge is 2.34. The van der Waals surface area contributed by atoms with E-state index in [2.05, 4.69) is 22.0 Å². The molecule has 1 aromatic carbocycles. The molecule has 0 aromatic heterocycles. The molecule has 0 radical (unpaired) electrons. The van der Waals surface area contributed by atoms with Crippen LogP contribution in [-0.2, 0) is 11.2 Å². The maximum Gasteiger partial charge on any atom is 0.119 e. The number of hydrogen-bond acceptors (Lipinski definition) is 2. The van der Waals surface area contributed by atoms with Crippen molar-refractivity contribution in [3.63, 3.8) is 0 Å². The van der Waals surface area contributed by atoms with E-state index in [1.807, 2.05) is 12.1 Å². The van der Waals surface area contributed by atoms with Crippen molar-refractivity contribution in [1.82, 2.24) is 0 Å². The van der Waals surface area contributed by atoms with E-state index in [9.17, 15) is 0 Å². The molecule has 1 atom stereocenters. The molecule has 0 bridgehead atoms. The van der Waals surface area contributed by atoms with Crippen molar-refractivity contribution in [2.45, 2.75) is 12.8 Å². The molecule has 94 valence electrons. The molecule has 1 unspecified atom stereocenters. The summed E-state index contributed by atoms with van der Waals surface area (Å²) in [6.45, 7) is 1.56. The Morgan fingerprint density at radius 3 is 2.94 bits per heavy atom. The van der Waals surface area contributed by atoms with Crippen LogP contribution in [0.5, 0.6) is 5.75 Å². The third-order valence-corrected chi connectivity index (χ3v) is 4.63. The van der Waals surface area contributed by atoms with Crippen LogP contribution in [0.15, 0.2) is 22.7 Å². The lowest BCUT2D eigenvalue weighted by molar-refractivity contribution is 0.161. The SMILES string of the molecule is COc1ccc(Br)c(CC2(CCl)CCOC2)c1. The van der Waals surface area contributed by atoms with E-state index >= 15 is 0 Å². The van der Waals surface area contributed by atoms with Gasteiger partial charge < -0.3 is 9.47 Å². The van der Waals surface area contributed by atoms with Crippen molar-refractivity contribution < 1.29 is 9.47 Å². The van der Waals surface area contributed by atoms with Gasteiger partial charge in [0.05, 0.1) is 13.7 Å². The van der Waals surface area contributed by atoms with Gasteiger partial charge in [-0.1, -0.05) is 15.9 Å². The molecule has 0 N–H and O–H groups in total. The Hall–Kier alpha value is -0.250. The normalized spacial score (nSPS) is 23.9. The number of ether oxygens (including phenoxy) is 2. The van der Waals surface area contributed by atoms with Crippen molar-refractivity contribution in [3.05, 3.63) is 28.2 Å². The fourth-order valence-electron chi connectivity index (χ4n) is 2.16. The van der Waals surface area contributed by atoms with E-state index in [0.29, 0.717) is 5.88 Å². The lowest BCUT2D eigenvalue weighted by Gasteiger charge is -2.25. The Labute approximate surface area is 115 Å². The Balaban J connectivity index is 2.22. The second-order valence-corrected chi connectivity index (χ2v) is 5.69. The average molecular weight is 320 g/mol. The summed E-state index contributed by atoms with van der Waals surface area (Å²) in [5, 5.41) is 0. The minimum atomic E-state index is 0.0798. The molecule has 1 fully saturated rings. The third kappa shape index (κ3) is 2.95. The first-order valence-corrected chi connectivity index (χ1v) is 6.98. The van der Waals surface area contributed by atoms with E-state index in [4.69, 9.17) is 21.1 Å². The molecule has 1 aromatic rings. The first-order chi connectivity index (χ1) is 8.19. The Morgan fingerprint density at radius 2 is 2.35 bits per heavy atom. The van der Waals surface area contributed by atoms with Gasteiger partial charge in [-0.2, -0.15) is 0 Å². The van der Waals surface area contributed by atoms with Gasteiger partial charge in [-0.3, -0.25) is 0 Å². The lowest BCUT2D eigenvalue weighted by atomic mass is 9.83. The van der Waals surface area contributed by atoms with Crippen LogP contribution in [0, 0.1) is 5.41 Å². The largest absolute Gasteiger partial charge is 0.497 e. The standard InChI is InChI=1S/C13H16BrClO2/c1-16-11-2-3-12(14)10(6-11)7-13(8-15)4-5-17-9-13/h2-3,6H,4-5,7-9H2,1H3. The molecule has 2 nitrogen and oxygen atoms in total. The van der Waals surface area contributed by atoms with Crippen LogP contribution in [0.1, 0.15) is 12.0 Å². The van der Waals surface area contributed by atoms with Crippen LogP contribution in [0.3, 0.4) is 0 Å². The molecule has 1 heterocycles. The topological polar surface area (TPSA) is 18.5 Å². The van der Waals surface area contributed by atoms with Gasteiger partial charge in [0.25, 0.3) is 0 Å². The summed E-state index contributed by atoms with van der Waals surface area (Å²) < 4.78 is 11.9. The number of benzene rings is 1. The summed E-state index contributed by atoms with van der Waals surface area (Å²) in [5.74, 6) is 1.52. The molecule has 2 rings (SSSR count). The van der Waals surface area contributed by atoms with Gasteiger partial charge in [0.15, 0.2) is 0 Å². The zero-order valence-corrected chi connectivity index (χ0v) is 12.2. The van der Waals surface area contributed by atoms with Crippen molar-refractivity contribution in [3.8, 4) is 5.75 Å². The Bertz CT molecular complexity index is 389. The van der Waals surface area contributed by atoms with Crippen LogP contribution in [-0.4, -0.2) is 26.2 Å². The summed E-state index contributed by atoms with van der Waals surface area (Å²) in [7, 11) is 1.68. The second kappa shape index (κ2) is 5.59. The number of alkyl halides is 1. The molecule has 0 saturated carbocycles. The van der Waals surface area contributed by atoms with Crippen molar-refractivity contribution in [1.29, 1.82) is 0 Å². The molecule has 0 spiro atoms. The van der Waals surface area contributed by atoms with Crippen LogP contribution < -0.4 is 4.74 Å². The van der Waals surface area contributed by atoms with E-state index in [-0.39, 0.29) is 5.41 Å². The van der Waals surface area contributed by atoms with Crippen molar-refractivity contribution in [2.75, 3.05) is 26.2 Å². The summed E-state index contributed by atoms with van der Waals surface area (Å²) >= 11 is 9.69. The molecular formula is C13H16BrClO2. The zero-order valence-electron chi connectivity index (χ0n) is 9.84. The number of methoxy groups -OCH3 is 1. The molecule has 17 heavy (non-hydrogen) atoms. The van der Waals surface area contributed by atoms with Crippen LogP contribution in [0.25, 0.3) is 0 Å². The monoisotopic (exact) mass is 318 g/mol. The predicted octanol–water partition coefficient (Wildman–Crippen LogP) is 3.65. The second-order valence-electron chi connectivity index (χ2n) is 4.57. The highest BCUT2D eigenvalue weighted by Crippen LogP contribution is 2.36. The van der Waals surface area contributed by atoms with Gasteiger partial charge in [0.2, 0.25) is 0 Å². The highest BCUT2D eigenvalue weighted by atomic mass is 79.9. The molecule has 0 amide bonds. The summed E-state index contributed by atoms with van der Waals surface area (Å²) in [6.07, 6.45) is 1.95. The third-order valence-electron chi connectivity index (χ3n) is 3.29. The molecule has 0 aliphatic carbocycles. The predicted molar refractivity (Wildman–Crippen MR) is 73.0 cm³/mol. The van der Waals surface area contributed by atoms with Gasteiger partial charge in [0.1, 0.15) is 5.75 Å². The summed E-state index contributed by atoms with van der Waals surface area (Å²) in [5.41, 5.74) is 1.31. The molecule has 4 heteroatoms. The van der Waals surface area contributed by atoms with Crippen LogP contribution in [0.2, 0.25) is 0 Å². The van der Waals surface area contributed by atoms with Gasteiger partial charge in [0, 0.05) is 22.4 Å². The molecule has 1 saturated heterocycles. The lowest BCUT2D eigenvalue weighted by Crippen LogP contribution is -2.26. The Morgan fingerprint density at radius 1 is 1.53 bits per heavy atom. The van der Waals surface area contributed by atoms with E-state index in [1.165, 1.54) is 5.56 Å². The molecular weight excluding hydrogens is 303 g/mol. The van der Waals surface area contributed by atoms with E-state index in [1.54, 1.807) is 7.11 Å². The fraction of sp³-hybridized carbons (Fsp3) is 0.538. The zero-order chi connectivity index (χ0) is 12.3. The maximum atomic E-state index is 6.11. The number of hydrogen-bond donors (Lipinski definition) is 0. The van der Waals surface area contributed by atoms with E-state index in [0.717, 1.165) is 36.3 Å². The summed E-state index contributed by atoms with van der Waals surface area (Å²) in [4.78, 5) is 0. The minimum absolute atomic E-state index is 0.0798. The molecule has 1 aliphatic rings. The number of rotatable bonds is 4. The first kappa shape index (κ1) is 13.2. The van der Waals surface area contributed by atoms with Gasteiger partial charge in [-0.25, -0.2) is 0 Å².